The van der Waals surface area contributed by atoms with Gasteiger partial charge in [-0.1, -0.05) is 36.7 Å². The molecule has 1 fully saturated rings. The number of nitrogens with one attached hydrogen (secondary N) is 1. The lowest BCUT2D eigenvalue weighted by Gasteiger charge is -2.20. The minimum Gasteiger partial charge on any atom is -0.457 e. The summed E-state index contributed by atoms with van der Waals surface area (Å²) in [6, 6.07) is 22.1. The van der Waals surface area contributed by atoms with Crippen LogP contribution in [0.25, 0.3) is 0 Å². The first-order valence-electron chi connectivity index (χ1n) is 10.3. The normalized spacial score (nSPS) is 15.7. The molecule has 4 rings (SSSR count). The van der Waals surface area contributed by atoms with Crippen molar-refractivity contribution in [1.29, 1.82) is 0 Å². The van der Waals surface area contributed by atoms with Crippen LogP contribution in [0.5, 0.6) is 11.5 Å². The molecule has 0 saturated carbocycles. The number of carbonyl (C=O) groups excluding carboxylic acids is 2. The molecule has 0 bridgehead atoms. The molecule has 0 spiro atoms. The van der Waals surface area contributed by atoms with Gasteiger partial charge in [-0.05, 0) is 66.6 Å². The van der Waals surface area contributed by atoms with Crippen molar-refractivity contribution in [3.63, 3.8) is 0 Å². The lowest BCUT2D eigenvalue weighted by atomic mass is 10.1. The maximum Gasteiger partial charge on any atom is 0.229 e. The number of para-hydroxylation sites is 1. The van der Waals surface area contributed by atoms with Gasteiger partial charge in [0, 0.05) is 29.4 Å². The highest BCUT2D eigenvalue weighted by atomic mass is 35.5. The van der Waals surface area contributed by atoms with Gasteiger partial charge in [0.1, 0.15) is 11.5 Å². The van der Waals surface area contributed by atoms with E-state index in [0.717, 1.165) is 17.7 Å². The summed E-state index contributed by atoms with van der Waals surface area (Å²) in [5.41, 5.74) is 2.66. The molecule has 0 unspecified atom stereocenters. The lowest BCUT2D eigenvalue weighted by molar-refractivity contribution is -0.122. The Labute approximate surface area is 186 Å². The third-order valence-electron chi connectivity index (χ3n) is 5.33. The third-order valence-corrected chi connectivity index (χ3v) is 5.58. The maximum atomic E-state index is 12.8. The summed E-state index contributed by atoms with van der Waals surface area (Å²) < 4.78 is 5.77. The van der Waals surface area contributed by atoms with Crippen LogP contribution < -0.4 is 15.0 Å². The van der Waals surface area contributed by atoms with E-state index >= 15 is 0 Å². The zero-order valence-electron chi connectivity index (χ0n) is 17.2. The van der Waals surface area contributed by atoms with Crippen molar-refractivity contribution in [2.75, 3.05) is 16.8 Å². The van der Waals surface area contributed by atoms with Crippen LogP contribution in [0.15, 0.2) is 72.8 Å². The van der Waals surface area contributed by atoms with Crippen molar-refractivity contribution in [3.05, 3.63) is 83.4 Å². The monoisotopic (exact) mass is 434 g/mol. The van der Waals surface area contributed by atoms with E-state index < -0.39 is 0 Å². The molecule has 0 radical (unpaired) electrons. The van der Waals surface area contributed by atoms with Gasteiger partial charge in [0.15, 0.2) is 0 Å². The van der Waals surface area contributed by atoms with E-state index in [4.69, 9.17) is 16.3 Å². The van der Waals surface area contributed by atoms with Gasteiger partial charge in [0.2, 0.25) is 11.8 Å². The van der Waals surface area contributed by atoms with E-state index in [0.29, 0.717) is 28.8 Å². The zero-order chi connectivity index (χ0) is 21.8. The Morgan fingerprint density at radius 3 is 2.35 bits per heavy atom. The minimum atomic E-state index is -0.387. The molecule has 1 heterocycles. The molecule has 3 aromatic rings. The topological polar surface area (TPSA) is 58.6 Å². The van der Waals surface area contributed by atoms with Crippen molar-refractivity contribution in [2.45, 2.75) is 19.8 Å². The summed E-state index contributed by atoms with van der Waals surface area (Å²) in [5.74, 6) is 0.767. The van der Waals surface area contributed by atoms with Crippen molar-refractivity contribution >= 4 is 34.8 Å². The van der Waals surface area contributed by atoms with Gasteiger partial charge in [-0.3, -0.25) is 9.59 Å². The average molecular weight is 435 g/mol. The highest BCUT2D eigenvalue weighted by Gasteiger charge is 2.35. The van der Waals surface area contributed by atoms with E-state index in [9.17, 15) is 9.59 Å². The highest BCUT2D eigenvalue weighted by Crippen LogP contribution is 2.30. The van der Waals surface area contributed by atoms with Crippen molar-refractivity contribution in [2.24, 2.45) is 5.92 Å². The molecule has 1 atom stereocenters. The van der Waals surface area contributed by atoms with Crippen LogP contribution in [0.3, 0.4) is 0 Å². The quantitative estimate of drug-likeness (QED) is 0.542. The van der Waals surface area contributed by atoms with E-state index in [1.807, 2.05) is 24.3 Å². The van der Waals surface area contributed by atoms with E-state index in [-0.39, 0.29) is 24.2 Å². The van der Waals surface area contributed by atoms with Gasteiger partial charge < -0.3 is 15.0 Å². The number of carbonyl (C=O) groups is 2. The molecule has 2 amide bonds. The molecule has 1 saturated heterocycles. The van der Waals surface area contributed by atoms with Gasteiger partial charge in [0.25, 0.3) is 0 Å². The van der Waals surface area contributed by atoms with Crippen LogP contribution in [-0.4, -0.2) is 18.4 Å². The van der Waals surface area contributed by atoms with Crippen LogP contribution in [0.1, 0.15) is 18.9 Å². The van der Waals surface area contributed by atoms with Gasteiger partial charge in [-0.15, -0.1) is 0 Å². The molecule has 0 aliphatic carbocycles. The standard InChI is InChI=1S/C25H23ClN2O3/c1-2-17-5-3-4-6-23(17)28-16-18(15-24(28)29)25(30)27-20-9-13-22(14-10-20)31-21-11-7-19(26)8-12-21/h3-14,18H,2,15-16H2,1H3,(H,27,30)/t18-/m0/s1. The number of hydrogen-bond acceptors (Lipinski definition) is 3. The van der Waals surface area contributed by atoms with Gasteiger partial charge >= 0.3 is 0 Å². The second-order valence-electron chi connectivity index (χ2n) is 7.46. The predicted octanol–water partition coefficient (Wildman–Crippen LogP) is 5.69. The number of anilines is 2. The smallest absolute Gasteiger partial charge is 0.229 e. The number of ether oxygens (including phenoxy) is 1. The van der Waals surface area contributed by atoms with Crippen LogP contribution in [-0.2, 0) is 16.0 Å². The van der Waals surface area contributed by atoms with Crippen LogP contribution >= 0.6 is 11.6 Å². The summed E-state index contributed by atoms with van der Waals surface area (Å²) in [6.07, 6.45) is 1.04. The predicted molar refractivity (Wildman–Crippen MR) is 123 cm³/mol. The Kier molecular flexibility index (Phi) is 6.23. The molecule has 0 aromatic heterocycles. The minimum absolute atomic E-state index is 0.0206. The molecule has 6 heteroatoms. The molecule has 3 aromatic carbocycles. The molecule has 1 aliphatic heterocycles. The summed E-state index contributed by atoms with van der Waals surface area (Å²) in [7, 11) is 0. The number of rotatable bonds is 6. The first kappa shape index (κ1) is 20.9. The number of amides is 2. The van der Waals surface area contributed by atoms with Gasteiger partial charge in [0.05, 0.1) is 5.92 Å². The second-order valence-corrected chi connectivity index (χ2v) is 7.89. The summed E-state index contributed by atoms with van der Waals surface area (Å²) in [5, 5.41) is 3.56. The third kappa shape index (κ3) is 4.89. The summed E-state index contributed by atoms with van der Waals surface area (Å²) in [4.78, 5) is 27.1. The number of benzene rings is 3. The summed E-state index contributed by atoms with van der Waals surface area (Å²) >= 11 is 5.89. The van der Waals surface area contributed by atoms with Crippen LogP contribution in [0.4, 0.5) is 11.4 Å². The van der Waals surface area contributed by atoms with Gasteiger partial charge in [-0.2, -0.15) is 0 Å². The van der Waals surface area contributed by atoms with E-state index in [1.54, 1.807) is 53.4 Å². The largest absolute Gasteiger partial charge is 0.457 e. The Morgan fingerprint density at radius 1 is 1.03 bits per heavy atom. The number of hydrogen-bond donors (Lipinski definition) is 1. The molecular weight excluding hydrogens is 412 g/mol. The average Bonchev–Trinajstić information content (AvgIpc) is 3.18. The SMILES string of the molecule is CCc1ccccc1N1C[C@@H](C(=O)Nc2ccc(Oc3ccc(Cl)cc3)cc2)CC1=O. The molecule has 5 nitrogen and oxygen atoms in total. The molecule has 1 aliphatic rings. The van der Waals surface area contributed by atoms with Gasteiger partial charge in [-0.25, -0.2) is 0 Å². The Morgan fingerprint density at radius 2 is 1.68 bits per heavy atom. The van der Waals surface area contributed by atoms with Crippen molar-refractivity contribution < 1.29 is 14.3 Å². The molecule has 1 N–H and O–H groups in total. The molecular formula is C25H23ClN2O3. The fraction of sp³-hybridized carbons (Fsp3) is 0.200. The summed E-state index contributed by atoms with van der Waals surface area (Å²) in [6.45, 7) is 2.45. The van der Waals surface area contributed by atoms with E-state index in [1.165, 1.54) is 0 Å². The number of halogens is 1. The maximum absolute atomic E-state index is 12.8. The Bertz CT molecular complexity index is 1080. The molecule has 158 valence electrons. The van der Waals surface area contributed by atoms with Crippen molar-refractivity contribution in [3.8, 4) is 11.5 Å². The first-order valence-corrected chi connectivity index (χ1v) is 10.6. The fourth-order valence-electron chi connectivity index (χ4n) is 3.68. The zero-order valence-corrected chi connectivity index (χ0v) is 17.9. The van der Waals surface area contributed by atoms with Crippen molar-refractivity contribution in [1.82, 2.24) is 0 Å². The second kappa shape index (κ2) is 9.23. The van der Waals surface area contributed by atoms with Crippen LogP contribution in [0.2, 0.25) is 5.02 Å². The Hall–Kier alpha value is -3.31. The first-order chi connectivity index (χ1) is 15.0. The van der Waals surface area contributed by atoms with Crippen LogP contribution in [0, 0.1) is 5.92 Å². The fourth-order valence-corrected chi connectivity index (χ4v) is 3.80. The number of aryl methyl sites for hydroxylation is 1. The molecule has 31 heavy (non-hydrogen) atoms. The lowest BCUT2D eigenvalue weighted by Crippen LogP contribution is -2.28. The number of nitrogens with zero attached hydrogens (tertiary/aromatic N) is 1. The Balaban J connectivity index is 1.38. The van der Waals surface area contributed by atoms with E-state index in [2.05, 4.69) is 12.2 Å². The highest BCUT2D eigenvalue weighted by molar-refractivity contribution is 6.30.